The van der Waals surface area contributed by atoms with Gasteiger partial charge in [-0.2, -0.15) is 10.2 Å². The van der Waals surface area contributed by atoms with Crippen LogP contribution in [0.1, 0.15) is 77.8 Å². The number of aromatic nitrogens is 3. The minimum atomic E-state index is -2.62. The molecule has 0 aliphatic carbocycles. The summed E-state index contributed by atoms with van der Waals surface area (Å²) in [4.78, 5) is 23.2. The highest BCUT2D eigenvalue weighted by atomic mass is 31.2. The van der Waals surface area contributed by atoms with Gasteiger partial charge in [0.15, 0.2) is 20.2 Å². The molecule has 1 saturated heterocycles. The molecule has 3 heterocycles. The van der Waals surface area contributed by atoms with E-state index in [0.717, 1.165) is 16.7 Å². The van der Waals surface area contributed by atoms with Gasteiger partial charge < -0.3 is 41.9 Å². The van der Waals surface area contributed by atoms with Crippen LogP contribution in [0.15, 0.2) is 95.9 Å². The molecule has 16 heteroatoms. The fraction of sp³-hybridized carbons (Fsp3) is 0.490. The van der Waals surface area contributed by atoms with Crippen molar-refractivity contribution in [2.75, 3.05) is 46.4 Å². The van der Waals surface area contributed by atoms with Gasteiger partial charge in [0.2, 0.25) is 5.95 Å². The van der Waals surface area contributed by atoms with Gasteiger partial charge in [-0.25, -0.2) is 4.67 Å². The molecule has 350 valence electrons. The molecule has 0 bridgehead atoms. The summed E-state index contributed by atoms with van der Waals surface area (Å²) in [6, 6.07) is 30.0. The maximum absolute atomic E-state index is 13.6. The standard InChI is InChI=1S/C49H67N6O8PSi/c1-33(2)55(34(3)4)64(60-31-17-29-50)62-42-41(61-46(43(42)63-65(12,13)48(5,6)7)54-30-28-40-44(54)51-47(53(8)9)52-45(40)56)32-59-49(35-18-15-14-16-19-35,36-20-24-38(57-10)25-21-36)37-22-26-39(58-11)27-23-37/h14-16,18-28,30,33-34,41-43,46H,17,31-32H2,1-13H3,(H,51,52,56)/t41-,42-,43-,46-,64?/m0/s1. The molecule has 0 amide bonds. The summed E-state index contributed by atoms with van der Waals surface area (Å²) in [5.74, 6) is 1.82. The number of H-pyrrole nitrogens is 1. The van der Waals surface area contributed by atoms with Crippen molar-refractivity contribution in [3.8, 4) is 17.6 Å². The van der Waals surface area contributed by atoms with Gasteiger partial charge in [0.05, 0.1) is 45.3 Å². The first-order chi connectivity index (χ1) is 30.9. The van der Waals surface area contributed by atoms with E-state index in [1.807, 2.05) is 91.6 Å². The maximum Gasteiger partial charge on any atom is 0.261 e. The molecule has 0 radical (unpaired) electrons. The number of hydrogen-bond acceptors (Lipinski definition) is 12. The van der Waals surface area contributed by atoms with Crippen LogP contribution in [0.3, 0.4) is 0 Å². The Bertz CT molecular complexity index is 2360. The van der Waals surface area contributed by atoms with Crippen molar-refractivity contribution in [3.63, 3.8) is 0 Å². The second-order valence-corrected chi connectivity index (χ2v) is 24.7. The lowest BCUT2D eigenvalue weighted by atomic mass is 9.80. The van der Waals surface area contributed by atoms with Gasteiger partial charge in [-0.05, 0) is 92.8 Å². The minimum Gasteiger partial charge on any atom is -0.497 e. The van der Waals surface area contributed by atoms with E-state index in [-0.39, 0.29) is 42.3 Å². The molecule has 1 unspecified atom stereocenters. The normalized spacial score (nSPS) is 18.7. The Morgan fingerprint density at radius 2 is 1.45 bits per heavy atom. The van der Waals surface area contributed by atoms with E-state index in [1.54, 1.807) is 25.2 Å². The zero-order chi connectivity index (χ0) is 47.3. The molecule has 1 N–H and O–H groups in total. The molecule has 65 heavy (non-hydrogen) atoms. The molecule has 3 aromatic carbocycles. The molecule has 0 saturated carbocycles. The Labute approximate surface area is 386 Å². The van der Waals surface area contributed by atoms with Crippen LogP contribution in [0.25, 0.3) is 11.0 Å². The van der Waals surface area contributed by atoms with E-state index in [1.165, 1.54) is 0 Å². The van der Waals surface area contributed by atoms with Crippen molar-refractivity contribution in [1.82, 2.24) is 19.2 Å². The summed E-state index contributed by atoms with van der Waals surface area (Å²) in [5, 5.41) is 9.83. The summed E-state index contributed by atoms with van der Waals surface area (Å²) in [7, 11) is 2.55. The fourth-order valence-electron chi connectivity index (χ4n) is 7.96. The number of anilines is 1. The number of hydrogen-bond donors (Lipinski definition) is 1. The predicted octanol–water partition coefficient (Wildman–Crippen LogP) is 9.77. The summed E-state index contributed by atoms with van der Waals surface area (Å²) in [6.45, 7) is 19.7. The van der Waals surface area contributed by atoms with Crippen molar-refractivity contribution in [1.29, 1.82) is 5.26 Å². The Morgan fingerprint density at radius 3 is 1.95 bits per heavy atom. The number of benzene rings is 3. The van der Waals surface area contributed by atoms with Crippen molar-refractivity contribution < 1.29 is 32.4 Å². The molecular formula is C49H67N6O8PSi. The average molecular weight is 927 g/mol. The Kier molecular flexibility index (Phi) is 16.0. The van der Waals surface area contributed by atoms with Crippen LogP contribution in [0.5, 0.6) is 11.5 Å². The molecule has 14 nitrogen and oxygen atoms in total. The molecule has 2 aromatic heterocycles. The van der Waals surface area contributed by atoms with Gasteiger partial charge in [0.1, 0.15) is 35.4 Å². The van der Waals surface area contributed by atoms with Gasteiger partial charge in [0.25, 0.3) is 14.1 Å². The second-order valence-electron chi connectivity index (χ2n) is 18.6. The first-order valence-electron chi connectivity index (χ1n) is 22.2. The van der Waals surface area contributed by atoms with Crippen LogP contribution in [0.4, 0.5) is 5.95 Å². The van der Waals surface area contributed by atoms with Crippen LogP contribution in [-0.4, -0.2) is 99.4 Å². The molecule has 1 aliphatic heterocycles. The molecule has 0 spiro atoms. The SMILES string of the molecule is COc1ccc(C(OC[C@@H]2O[C@H](n3ccc4c(=O)[nH]c(N(C)C)nc43)[C@@H](O[Si](C)(C)C(C)(C)C)[C@H]2OP(OCCC#N)N(C(C)C)C(C)C)(c2ccccc2)c2ccc(OC)cc2)cc1. The number of aromatic amines is 1. The number of methoxy groups -OCH3 is 2. The maximum atomic E-state index is 13.6. The van der Waals surface area contributed by atoms with E-state index in [4.69, 9.17) is 37.4 Å². The number of rotatable bonds is 20. The summed E-state index contributed by atoms with van der Waals surface area (Å²) in [6.07, 6.45) is -1.08. The number of ether oxygens (including phenoxy) is 4. The van der Waals surface area contributed by atoms with Crippen LogP contribution in [0.2, 0.25) is 18.1 Å². The second kappa shape index (κ2) is 20.9. The van der Waals surface area contributed by atoms with Crippen molar-refractivity contribution in [2.45, 2.75) is 115 Å². The van der Waals surface area contributed by atoms with Crippen molar-refractivity contribution >= 4 is 33.8 Å². The summed E-state index contributed by atoms with van der Waals surface area (Å²) < 4.78 is 51.7. The van der Waals surface area contributed by atoms with Crippen molar-refractivity contribution in [3.05, 3.63) is 118 Å². The molecule has 5 atom stereocenters. The number of nitrogens with zero attached hydrogens (tertiary/aromatic N) is 5. The zero-order valence-corrected chi connectivity index (χ0v) is 42.1. The van der Waals surface area contributed by atoms with Crippen LogP contribution in [-0.2, 0) is 28.5 Å². The van der Waals surface area contributed by atoms with Crippen molar-refractivity contribution in [2.24, 2.45) is 0 Å². The van der Waals surface area contributed by atoms with E-state index < -0.39 is 47.0 Å². The highest BCUT2D eigenvalue weighted by molar-refractivity contribution is 7.44. The molecule has 1 aliphatic rings. The van der Waals surface area contributed by atoms with Crippen LogP contribution in [0, 0.1) is 11.3 Å². The van der Waals surface area contributed by atoms with Gasteiger partial charge in [-0.1, -0.05) is 75.4 Å². The molecular weight excluding hydrogens is 860 g/mol. The number of fused-ring (bicyclic) bond motifs is 1. The Morgan fingerprint density at radius 1 is 0.877 bits per heavy atom. The Hall–Kier alpha value is -4.62. The van der Waals surface area contributed by atoms with E-state index in [2.05, 4.69) is 89.4 Å². The van der Waals surface area contributed by atoms with Crippen LogP contribution >= 0.6 is 8.53 Å². The monoisotopic (exact) mass is 926 g/mol. The van der Waals surface area contributed by atoms with Gasteiger partial charge in [-0.15, -0.1) is 0 Å². The van der Waals surface area contributed by atoms with Gasteiger partial charge in [0, 0.05) is 32.4 Å². The lowest BCUT2D eigenvalue weighted by Gasteiger charge is -2.42. The highest BCUT2D eigenvalue weighted by Crippen LogP contribution is 2.53. The third-order valence-electron chi connectivity index (χ3n) is 12.3. The van der Waals surface area contributed by atoms with Gasteiger partial charge in [-0.3, -0.25) is 9.78 Å². The number of nitriles is 1. The topological polar surface area (TPSA) is 146 Å². The first-order valence-corrected chi connectivity index (χ1v) is 26.3. The van der Waals surface area contributed by atoms with E-state index in [9.17, 15) is 10.1 Å². The molecule has 5 aromatic rings. The van der Waals surface area contributed by atoms with Gasteiger partial charge >= 0.3 is 0 Å². The smallest absolute Gasteiger partial charge is 0.261 e. The third-order valence-corrected chi connectivity index (χ3v) is 18.9. The molecule has 1 fully saturated rings. The number of nitrogens with one attached hydrogen (secondary N) is 1. The minimum absolute atomic E-state index is 0.0202. The Balaban J connectivity index is 1.58. The lowest BCUT2D eigenvalue weighted by molar-refractivity contribution is -0.0925. The fourth-order valence-corrected chi connectivity index (χ4v) is 11.0. The lowest BCUT2D eigenvalue weighted by Crippen LogP contribution is -2.50. The largest absolute Gasteiger partial charge is 0.497 e. The molecule has 6 rings (SSSR count). The zero-order valence-electron chi connectivity index (χ0n) is 40.2. The quantitative estimate of drug-likeness (QED) is 0.0343. The summed E-state index contributed by atoms with van der Waals surface area (Å²) in [5.41, 5.74) is 1.61. The van der Waals surface area contributed by atoms with Crippen LogP contribution < -0.4 is 19.9 Å². The van der Waals surface area contributed by atoms with E-state index >= 15 is 0 Å². The highest BCUT2D eigenvalue weighted by Gasteiger charge is 2.54. The summed E-state index contributed by atoms with van der Waals surface area (Å²) >= 11 is 0. The first kappa shape index (κ1) is 49.8. The van der Waals surface area contributed by atoms with E-state index in [0.29, 0.717) is 28.5 Å². The third kappa shape index (κ3) is 10.7. The average Bonchev–Trinajstić information content (AvgIpc) is 3.84. The predicted molar refractivity (Wildman–Crippen MR) is 259 cm³/mol.